The average molecular weight is 115 g/mol. The summed E-state index contributed by atoms with van der Waals surface area (Å²) in [5, 5.41) is 8.38. The van der Waals surface area contributed by atoms with Gasteiger partial charge in [0.05, 0.1) is 5.38 Å². The lowest BCUT2D eigenvalue weighted by atomic mass is 10.8. The van der Waals surface area contributed by atoms with Crippen LogP contribution in [0.5, 0.6) is 0 Å². The van der Waals surface area contributed by atoms with Crippen molar-refractivity contribution >= 4 is 17.4 Å². The number of nitrogens with zero attached hydrogens (tertiary/aromatic N) is 2. The first-order chi connectivity index (χ1) is 3.43. The van der Waals surface area contributed by atoms with Crippen LogP contribution in [0, 0.1) is 0 Å². The summed E-state index contributed by atoms with van der Waals surface area (Å²) < 4.78 is 3.62. The lowest BCUT2D eigenvalue weighted by Crippen LogP contribution is -1.85. The standard InChI is InChI=1S/C3H5N3S/c1-4-3-2-7-6-5-3/h2,4H,1H3. The molecule has 0 amide bonds. The smallest absolute Gasteiger partial charge is 0.160 e. The van der Waals surface area contributed by atoms with Gasteiger partial charge in [-0.3, -0.25) is 0 Å². The molecule has 1 rings (SSSR count). The van der Waals surface area contributed by atoms with E-state index < -0.39 is 0 Å². The summed E-state index contributed by atoms with van der Waals surface area (Å²) in [6, 6.07) is 0. The Morgan fingerprint density at radius 1 is 1.86 bits per heavy atom. The SMILES string of the molecule is CNc1csnn1. The molecule has 0 atom stereocenters. The van der Waals surface area contributed by atoms with E-state index in [2.05, 4.69) is 14.9 Å². The van der Waals surface area contributed by atoms with Gasteiger partial charge in [0.1, 0.15) is 0 Å². The van der Waals surface area contributed by atoms with E-state index in [1.54, 1.807) is 0 Å². The molecule has 7 heavy (non-hydrogen) atoms. The van der Waals surface area contributed by atoms with Crippen LogP contribution in [-0.2, 0) is 0 Å². The van der Waals surface area contributed by atoms with Crippen molar-refractivity contribution in [2.75, 3.05) is 12.4 Å². The van der Waals surface area contributed by atoms with Gasteiger partial charge in [-0.2, -0.15) is 0 Å². The van der Waals surface area contributed by atoms with Crippen molar-refractivity contribution in [1.82, 2.24) is 9.59 Å². The molecule has 1 N–H and O–H groups in total. The van der Waals surface area contributed by atoms with Crippen molar-refractivity contribution < 1.29 is 0 Å². The van der Waals surface area contributed by atoms with E-state index in [4.69, 9.17) is 0 Å². The van der Waals surface area contributed by atoms with Crippen molar-refractivity contribution in [3.63, 3.8) is 0 Å². The number of nitrogens with one attached hydrogen (secondary N) is 1. The molecule has 0 aliphatic rings. The zero-order valence-electron chi connectivity index (χ0n) is 3.88. The van der Waals surface area contributed by atoms with E-state index in [0.717, 1.165) is 5.82 Å². The zero-order valence-corrected chi connectivity index (χ0v) is 4.70. The quantitative estimate of drug-likeness (QED) is 0.581. The highest BCUT2D eigenvalue weighted by Gasteiger charge is 1.84. The topological polar surface area (TPSA) is 37.8 Å². The predicted molar refractivity (Wildman–Crippen MR) is 29.5 cm³/mol. The first-order valence-corrected chi connectivity index (χ1v) is 2.72. The molecule has 0 saturated heterocycles. The average Bonchev–Trinajstić information content (AvgIpc) is 2.14. The summed E-state index contributed by atoms with van der Waals surface area (Å²) in [5.74, 6) is 0.838. The van der Waals surface area contributed by atoms with E-state index in [9.17, 15) is 0 Å². The van der Waals surface area contributed by atoms with Gasteiger partial charge < -0.3 is 5.32 Å². The minimum atomic E-state index is 0.838. The molecular formula is C3H5N3S. The normalized spacial score (nSPS) is 8.71. The van der Waals surface area contributed by atoms with E-state index in [1.165, 1.54) is 11.5 Å². The van der Waals surface area contributed by atoms with Crippen LogP contribution in [-0.4, -0.2) is 16.6 Å². The van der Waals surface area contributed by atoms with Gasteiger partial charge in [-0.25, -0.2) is 0 Å². The monoisotopic (exact) mass is 115 g/mol. The lowest BCUT2D eigenvalue weighted by molar-refractivity contribution is 1.15. The highest BCUT2D eigenvalue weighted by Crippen LogP contribution is 1.99. The van der Waals surface area contributed by atoms with Crippen LogP contribution >= 0.6 is 11.5 Å². The van der Waals surface area contributed by atoms with E-state index in [0.29, 0.717) is 0 Å². The molecule has 0 aliphatic carbocycles. The Morgan fingerprint density at radius 3 is 3.00 bits per heavy atom. The molecule has 3 nitrogen and oxygen atoms in total. The maximum atomic E-state index is 3.69. The number of rotatable bonds is 1. The molecule has 0 radical (unpaired) electrons. The van der Waals surface area contributed by atoms with E-state index in [1.807, 2.05) is 12.4 Å². The van der Waals surface area contributed by atoms with Gasteiger partial charge in [-0.1, -0.05) is 4.49 Å². The van der Waals surface area contributed by atoms with Crippen LogP contribution < -0.4 is 5.32 Å². The number of anilines is 1. The van der Waals surface area contributed by atoms with Crippen LogP contribution in [0.2, 0.25) is 0 Å². The van der Waals surface area contributed by atoms with Gasteiger partial charge in [-0.05, 0) is 11.5 Å². The molecular weight excluding hydrogens is 110 g/mol. The van der Waals surface area contributed by atoms with Gasteiger partial charge in [0.2, 0.25) is 0 Å². The first-order valence-electron chi connectivity index (χ1n) is 1.88. The summed E-state index contributed by atoms with van der Waals surface area (Å²) in [6.07, 6.45) is 0. The highest BCUT2D eigenvalue weighted by molar-refractivity contribution is 7.03. The second kappa shape index (κ2) is 1.88. The third-order valence-electron chi connectivity index (χ3n) is 0.616. The summed E-state index contributed by atoms with van der Waals surface area (Å²) in [4.78, 5) is 0. The van der Waals surface area contributed by atoms with Gasteiger partial charge in [-0.15, -0.1) is 5.10 Å². The Kier molecular flexibility index (Phi) is 1.21. The Labute approximate surface area is 45.5 Å². The molecule has 0 spiro atoms. The molecule has 1 aromatic rings. The fraction of sp³-hybridized carbons (Fsp3) is 0.333. The summed E-state index contributed by atoms with van der Waals surface area (Å²) >= 11 is 1.34. The molecule has 1 heterocycles. The molecule has 0 aliphatic heterocycles. The van der Waals surface area contributed by atoms with Crippen molar-refractivity contribution in [1.29, 1.82) is 0 Å². The largest absolute Gasteiger partial charge is 0.371 e. The summed E-state index contributed by atoms with van der Waals surface area (Å²) in [5.41, 5.74) is 0. The minimum absolute atomic E-state index is 0.838. The van der Waals surface area contributed by atoms with Gasteiger partial charge in [0.15, 0.2) is 5.82 Å². The first kappa shape index (κ1) is 4.52. The van der Waals surface area contributed by atoms with Gasteiger partial charge in [0, 0.05) is 7.05 Å². The molecule has 1 aromatic heterocycles. The maximum absolute atomic E-state index is 3.69. The fourth-order valence-corrected chi connectivity index (χ4v) is 0.721. The Balaban J connectivity index is 2.76. The molecule has 4 heteroatoms. The van der Waals surface area contributed by atoms with Crippen LogP contribution in [0.1, 0.15) is 0 Å². The molecule has 0 unspecified atom stereocenters. The van der Waals surface area contributed by atoms with Crippen molar-refractivity contribution in [3.05, 3.63) is 5.38 Å². The second-order valence-corrected chi connectivity index (χ2v) is 1.65. The molecule has 0 fully saturated rings. The summed E-state index contributed by atoms with van der Waals surface area (Å²) in [7, 11) is 1.82. The second-order valence-electron chi connectivity index (χ2n) is 1.04. The Hall–Kier alpha value is -0.640. The third-order valence-corrected chi connectivity index (χ3v) is 1.12. The fourth-order valence-electron chi connectivity index (χ4n) is 0.274. The minimum Gasteiger partial charge on any atom is -0.371 e. The van der Waals surface area contributed by atoms with E-state index in [-0.39, 0.29) is 0 Å². The van der Waals surface area contributed by atoms with E-state index >= 15 is 0 Å². The maximum Gasteiger partial charge on any atom is 0.160 e. The van der Waals surface area contributed by atoms with Crippen molar-refractivity contribution in [2.24, 2.45) is 0 Å². The van der Waals surface area contributed by atoms with Crippen LogP contribution in [0.3, 0.4) is 0 Å². The number of aromatic nitrogens is 2. The lowest BCUT2D eigenvalue weighted by Gasteiger charge is -1.82. The van der Waals surface area contributed by atoms with Gasteiger partial charge in [0.25, 0.3) is 0 Å². The predicted octanol–water partition coefficient (Wildman–Crippen LogP) is 0.580. The number of hydrogen-bond donors (Lipinski definition) is 1. The molecule has 0 saturated carbocycles. The molecule has 0 aromatic carbocycles. The molecule has 38 valence electrons. The number of hydrogen-bond acceptors (Lipinski definition) is 4. The Morgan fingerprint density at radius 2 is 2.71 bits per heavy atom. The van der Waals surface area contributed by atoms with Crippen LogP contribution in [0.25, 0.3) is 0 Å². The van der Waals surface area contributed by atoms with Crippen molar-refractivity contribution in [3.8, 4) is 0 Å². The van der Waals surface area contributed by atoms with Crippen LogP contribution in [0.4, 0.5) is 5.82 Å². The van der Waals surface area contributed by atoms with Gasteiger partial charge >= 0.3 is 0 Å². The van der Waals surface area contributed by atoms with Crippen molar-refractivity contribution in [2.45, 2.75) is 0 Å². The highest BCUT2D eigenvalue weighted by atomic mass is 32.1. The zero-order chi connectivity index (χ0) is 5.11. The third kappa shape index (κ3) is 0.866. The Bertz CT molecular complexity index is 125. The van der Waals surface area contributed by atoms with Crippen LogP contribution in [0.15, 0.2) is 5.38 Å². The molecule has 0 bridgehead atoms. The summed E-state index contributed by atoms with van der Waals surface area (Å²) in [6.45, 7) is 0.